The molecule has 1 fully saturated rings. The predicted octanol–water partition coefficient (Wildman–Crippen LogP) is 2.51. The number of aromatic hydroxyl groups is 1. The van der Waals surface area contributed by atoms with Crippen LogP contribution in [0.25, 0.3) is 5.76 Å². The van der Waals surface area contributed by atoms with E-state index in [1.807, 2.05) is 0 Å². The molecule has 3 N–H and O–H groups in total. The third-order valence-electron chi connectivity index (χ3n) is 4.23. The first-order valence-corrected chi connectivity index (χ1v) is 8.34. The highest BCUT2D eigenvalue weighted by molar-refractivity contribution is 6.46. The number of ketones is 1. The van der Waals surface area contributed by atoms with E-state index in [1.54, 1.807) is 37.3 Å². The van der Waals surface area contributed by atoms with Gasteiger partial charge in [-0.15, -0.1) is 0 Å². The summed E-state index contributed by atoms with van der Waals surface area (Å²) in [6.07, 6.45) is 0. The van der Waals surface area contributed by atoms with Crippen molar-refractivity contribution in [1.29, 1.82) is 0 Å². The number of amides is 1. The largest absolute Gasteiger partial charge is 0.507 e. The summed E-state index contributed by atoms with van der Waals surface area (Å²) in [6, 6.07) is 10.2. The normalized spacial score (nSPS) is 18.2. The fourth-order valence-electron chi connectivity index (χ4n) is 2.92. The number of hydrogen-bond acceptors (Lipinski definition) is 6. The van der Waals surface area contributed by atoms with Crippen LogP contribution in [0.1, 0.15) is 24.1 Å². The van der Waals surface area contributed by atoms with Gasteiger partial charge in [0.1, 0.15) is 11.5 Å². The lowest BCUT2D eigenvalue weighted by atomic mass is 9.95. The Hall–Kier alpha value is -3.48. The minimum Gasteiger partial charge on any atom is -0.507 e. The highest BCUT2D eigenvalue weighted by atomic mass is 16.5. The highest BCUT2D eigenvalue weighted by Gasteiger charge is 2.39. The Labute approximate surface area is 155 Å². The molecule has 1 aliphatic heterocycles. The highest BCUT2D eigenvalue weighted by Crippen LogP contribution is 2.37. The molecule has 7 heteroatoms. The van der Waals surface area contributed by atoms with Crippen LogP contribution in [-0.2, 0) is 9.59 Å². The molecular formula is C20H19NO6. The van der Waals surface area contributed by atoms with Gasteiger partial charge in [0.05, 0.1) is 25.3 Å². The van der Waals surface area contributed by atoms with E-state index in [2.05, 4.69) is 5.32 Å². The number of carbonyl (C=O) groups excluding carboxylic acids is 2. The molecule has 0 aliphatic carbocycles. The van der Waals surface area contributed by atoms with E-state index in [0.717, 1.165) is 0 Å². The summed E-state index contributed by atoms with van der Waals surface area (Å²) >= 11 is 0. The fraction of sp³-hybridized carbons (Fsp3) is 0.200. The second-order valence-electron chi connectivity index (χ2n) is 5.89. The third-order valence-corrected chi connectivity index (χ3v) is 4.23. The number of benzene rings is 2. The summed E-state index contributed by atoms with van der Waals surface area (Å²) < 4.78 is 10.5. The van der Waals surface area contributed by atoms with Gasteiger partial charge in [-0.05, 0) is 36.8 Å². The van der Waals surface area contributed by atoms with Crippen molar-refractivity contribution in [2.75, 3.05) is 13.7 Å². The molecule has 1 heterocycles. The van der Waals surface area contributed by atoms with Crippen LogP contribution < -0.4 is 14.8 Å². The lowest BCUT2D eigenvalue weighted by molar-refractivity contribution is -0.133. The molecule has 0 spiro atoms. The van der Waals surface area contributed by atoms with E-state index in [0.29, 0.717) is 23.5 Å². The number of rotatable bonds is 5. The summed E-state index contributed by atoms with van der Waals surface area (Å²) in [4.78, 5) is 24.4. The zero-order valence-corrected chi connectivity index (χ0v) is 14.9. The first-order chi connectivity index (χ1) is 13.0. The second-order valence-corrected chi connectivity index (χ2v) is 5.89. The maximum atomic E-state index is 12.4. The number of Topliss-reactive ketones (excluding diaryl/α,β-unsaturated/α-hetero) is 1. The number of ether oxygens (including phenoxy) is 2. The van der Waals surface area contributed by atoms with E-state index in [-0.39, 0.29) is 22.8 Å². The van der Waals surface area contributed by atoms with E-state index in [9.17, 15) is 19.8 Å². The maximum absolute atomic E-state index is 12.4. The average Bonchev–Trinajstić information content (AvgIpc) is 2.98. The molecule has 0 bridgehead atoms. The van der Waals surface area contributed by atoms with Crippen molar-refractivity contribution in [2.24, 2.45) is 0 Å². The first kappa shape index (κ1) is 18.3. The van der Waals surface area contributed by atoms with Crippen LogP contribution in [0.15, 0.2) is 48.0 Å². The first-order valence-electron chi connectivity index (χ1n) is 8.34. The summed E-state index contributed by atoms with van der Waals surface area (Å²) in [7, 11) is 1.49. The van der Waals surface area contributed by atoms with E-state index >= 15 is 0 Å². The van der Waals surface area contributed by atoms with Crippen LogP contribution >= 0.6 is 0 Å². The molecule has 1 saturated heterocycles. The molecule has 3 rings (SSSR count). The Morgan fingerprint density at radius 1 is 1.19 bits per heavy atom. The number of carbonyl (C=O) groups is 2. The van der Waals surface area contributed by atoms with Gasteiger partial charge in [0.2, 0.25) is 0 Å². The molecular weight excluding hydrogens is 350 g/mol. The molecule has 1 amide bonds. The predicted molar refractivity (Wildman–Crippen MR) is 97.7 cm³/mol. The fourth-order valence-corrected chi connectivity index (χ4v) is 2.92. The topological polar surface area (TPSA) is 105 Å². The van der Waals surface area contributed by atoms with Gasteiger partial charge in [-0.1, -0.05) is 18.2 Å². The molecule has 0 radical (unpaired) electrons. The van der Waals surface area contributed by atoms with Crippen LogP contribution in [0.3, 0.4) is 0 Å². The molecule has 2 aromatic rings. The molecule has 1 unspecified atom stereocenters. The van der Waals surface area contributed by atoms with Crippen molar-refractivity contribution < 1.29 is 29.3 Å². The number of aliphatic hydroxyl groups is 1. The number of methoxy groups -OCH3 is 1. The Morgan fingerprint density at radius 3 is 2.67 bits per heavy atom. The van der Waals surface area contributed by atoms with E-state index in [1.165, 1.54) is 19.2 Å². The maximum Gasteiger partial charge on any atom is 0.293 e. The molecule has 1 aliphatic rings. The molecule has 0 saturated carbocycles. The van der Waals surface area contributed by atoms with Crippen molar-refractivity contribution >= 4 is 17.4 Å². The standard InChI is InChI=1S/C20H19NO6/c1-3-27-15-10-11(7-8-14(15)22)17-16(19(24)20(25)21-17)18(23)12-5-4-6-13(9-12)26-2/h4-10,17,22-23H,3H2,1-2H3,(H,21,25)/b18-16-. The van der Waals surface area contributed by atoms with Crippen molar-refractivity contribution in [3.63, 3.8) is 0 Å². The van der Waals surface area contributed by atoms with Gasteiger partial charge in [-0.2, -0.15) is 0 Å². The summed E-state index contributed by atoms with van der Waals surface area (Å²) in [5.74, 6) is -1.26. The molecule has 7 nitrogen and oxygen atoms in total. The minimum absolute atomic E-state index is 0.0567. The average molecular weight is 369 g/mol. The number of aliphatic hydroxyl groups excluding tert-OH is 1. The summed E-state index contributed by atoms with van der Waals surface area (Å²) in [6.45, 7) is 2.11. The van der Waals surface area contributed by atoms with E-state index in [4.69, 9.17) is 9.47 Å². The van der Waals surface area contributed by atoms with Crippen LogP contribution in [0.5, 0.6) is 17.2 Å². The lowest BCUT2D eigenvalue weighted by Crippen LogP contribution is -2.21. The van der Waals surface area contributed by atoms with Crippen LogP contribution in [0.4, 0.5) is 0 Å². The van der Waals surface area contributed by atoms with Gasteiger partial charge in [0.25, 0.3) is 11.7 Å². The Balaban J connectivity index is 2.10. The number of nitrogens with one attached hydrogen (secondary N) is 1. The lowest BCUT2D eigenvalue weighted by Gasteiger charge is -2.16. The molecule has 1 atom stereocenters. The zero-order valence-electron chi connectivity index (χ0n) is 14.9. The second kappa shape index (κ2) is 7.41. The minimum atomic E-state index is -0.865. The molecule has 0 aromatic heterocycles. The zero-order chi connectivity index (χ0) is 19.6. The molecule has 2 aromatic carbocycles. The van der Waals surface area contributed by atoms with Gasteiger partial charge < -0.3 is 25.0 Å². The van der Waals surface area contributed by atoms with E-state index < -0.39 is 17.7 Å². The van der Waals surface area contributed by atoms with Crippen molar-refractivity contribution in [1.82, 2.24) is 5.32 Å². The van der Waals surface area contributed by atoms with Crippen LogP contribution in [0, 0.1) is 0 Å². The van der Waals surface area contributed by atoms with Crippen molar-refractivity contribution in [3.05, 3.63) is 59.2 Å². The Bertz CT molecular complexity index is 934. The van der Waals surface area contributed by atoms with Gasteiger partial charge >= 0.3 is 0 Å². The number of phenolic OH excluding ortho intramolecular Hbond substituents is 1. The quantitative estimate of drug-likeness (QED) is 0.425. The Kier molecular flexibility index (Phi) is 5.03. The van der Waals surface area contributed by atoms with Gasteiger partial charge in [-0.3, -0.25) is 9.59 Å². The molecule has 27 heavy (non-hydrogen) atoms. The smallest absolute Gasteiger partial charge is 0.293 e. The van der Waals surface area contributed by atoms with Gasteiger partial charge in [-0.25, -0.2) is 0 Å². The van der Waals surface area contributed by atoms with Gasteiger partial charge in [0.15, 0.2) is 11.5 Å². The van der Waals surface area contributed by atoms with Crippen LogP contribution in [0.2, 0.25) is 0 Å². The number of hydrogen-bond donors (Lipinski definition) is 3. The summed E-state index contributed by atoms with van der Waals surface area (Å²) in [5, 5.41) is 23.2. The van der Waals surface area contributed by atoms with Crippen LogP contribution in [-0.4, -0.2) is 35.6 Å². The molecule has 140 valence electrons. The number of phenols is 1. The van der Waals surface area contributed by atoms with Crippen molar-refractivity contribution in [3.8, 4) is 17.2 Å². The summed E-state index contributed by atoms with van der Waals surface area (Å²) in [5.41, 5.74) is 0.782. The van der Waals surface area contributed by atoms with Gasteiger partial charge in [0, 0.05) is 5.56 Å². The third kappa shape index (κ3) is 3.44. The monoisotopic (exact) mass is 369 g/mol. The van der Waals surface area contributed by atoms with Crippen molar-refractivity contribution in [2.45, 2.75) is 13.0 Å². The Morgan fingerprint density at radius 2 is 1.96 bits per heavy atom. The SMILES string of the molecule is CCOc1cc(C2NC(=O)C(=O)/C2=C(\O)c2cccc(OC)c2)ccc1O.